The maximum absolute atomic E-state index is 12.1. The van der Waals surface area contributed by atoms with E-state index in [9.17, 15) is 4.79 Å². The van der Waals surface area contributed by atoms with Crippen molar-refractivity contribution in [3.63, 3.8) is 0 Å². The van der Waals surface area contributed by atoms with Crippen molar-refractivity contribution in [2.24, 2.45) is 0 Å². The highest BCUT2D eigenvalue weighted by molar-refractivity contribution is 5.76. The lowest BCUT2D eigenvalue weighted by atomic mass is 10.1. The first kappa shape index (κ1) is 15.4. The lowest BCUT2D eigenvalue weighted by Gasteiger charge is -2.28. The van der Waals surface area contributed by atoms with Gasteiger partial charge in [0.1, 0.15) is 0 Å². The molecule has 0 aromatic heterocycles. The second-order valence-electron chi connectivity index (χ2n) is 5.36. The third-order valence-electron chi connectivity index (χ3n) is 3.85. The van der Waals surface area contributed by atoms with Crippen molar-refractivity contribution in [3.8, 4) is 0 Å². The summed E-state index contributed by atoms with van der Waals surface area (Å²) < 4.78 is 0. The minimum absolute atomic E-state index is 0.256. The van der Waals surface area contributed by atoms with Crippen LogP contribution in [0.15, 0.2) is 0 Å². The molecule has 0 bridgehead atoms. The molecule has 1 N–H and O–H groups in total. The van der Waals surface area contributed by atoms with E-state index in [1.807, 2.05) is 11.9 Å². The van der Waals surface area contributed by atoms with Gasteiger partial charge < -0.3 is 10.2 Å². The predicted octanol–water partition coefficient (Wildman–Crippen LogP) is 1.32. The van der Waals surface area contributed by atoms with Gasteiger partial charge in [0.05, 0.1) is 0 Å². The van der Waals surface area contributed by atoms with Gasteiger partial charge in [-0.05, 0) is 39.4 Å². The van der Waals surface area contributed by atoms with Gasteiger partial charge in [0.15, 0.2) is 0 Å². The summed E-state index contributed by atoms with van der Waals surface area (Å²) in [7, 11) is 1.94. The molecule has 0 aliphatic carbocycles. The Morgan fingerprint density at radius 1 is 1.50 bits per heavy atom. The maximum Gasteiger partial charge on any atom is 0.223 e. The largest absolute Gasteiger partial charge is 0.344 e. The average molecular weight is 255 g/mol. The van der Waals surface area contributed by atoms with Crippen LogP contribution in [0.4, 0.5) is 0 Å². The highest BCUT2D eigenvalue weighted by atomic mass is 16.2. The molecular formula is C14H29N3O. The Labute approximate surface area is 112 Å². The van der Waals surface area contributed by atoms with Crippen molar-refractivity contribution in [1.82, 2.24) is 15.1 Å². The van der Waals surface area contributed by atoms with Crippen molar-refractivity contribution in [3.05, 3.63) is 0 Å². The number of nitrogens with zero attached hydrogens (tertiary/aromatic N) is 2. The molecule has 1 heterocycles. The van der Waals surface area contributed by atoms with Crippen molar-refractivity contribution in [1.29, 1.82) is 0 Å². The number of carbonyl (C=O) groups is 1. The fourth-order valence-electron chi connectivity index (χ4n) is 2.77. The van der Waals surface area contributed by atoms with Gasteiger partial charge in [-0.2, -0.15) is 0 Å². The molecule has 18 heavy (non-hydrogen) atoms. The number of rotatable bonds is 7. The fourth-order valence-corrected chi connectivity index (χ4v) is 2.77. The molecular weight excluding hydrogens is 226 g/mol. The third kappa shape index (κ3) is 4.58. The summed E-state index contributed by atoms with van der Waals surface area (Å²) in [6, 6.07) is 0.842. The van der Waals surface area contributed by atoms with Crippen LogP contribution in [0, 0.1) is 0 Å². The minimum Gasteiger partial charge on any atom is -0.344 e. The van der Waals surface area contributed by atoms with E-state index in [0.29, 0.717) is 12.5 Å². The Bertz CT molecular complexity index is 257. The molecule has 0 aromatic carbocycles. The standard InChI is InChI=1S/C14H29N3O/c1-5-15-12(3)10-14(18)16(4)11-13-8-7-9-17(13)6-2/h12-13,15H,5-11H2,1-4H3. The maximum atomic E-state index is 12.1. The van der Waals surface area contributed by atoms with Gasteiger partial charge in [0.2, 0.25) is 5.91 Å². The number of hydrogen-bond acceptors (Lipinski definition) is 3. The summed E-state index contributed by atoms with van der Waals surface area (Å²) in [4.78, 5) is 16.5. The molecule has 0 radical (unpaired) electrons. The Kier molecular flexibility index (Phi) is 6.65. The summed E-state index contributed by atoms with van der Waals surface area (Å²) in [6.45, 7) is 10.4. The van der Waals surface area contributed by atoms with Gasteiger partial charge >= 0.3 is 0 Å². The van der Waals surface area contributed by atoms with Crippen LogP contribution in [0.1, 0.15) is 40.0 Å². The highest BCUT2D eigenvalue weighted by Gasteiger charge is 2.25. The van der Waals surface area contributed by atoms with Crippen LogP contribution in [0.3, 0.4) is 0 Å². The fraction of sp³-hybridized carbons (Fsp3) is 0.929. The van der Waals surface area contributed by atoms with Crippen molar-refractivity contribution in [2.75, 3.05) is 33.2 Å². The van der Waals surface area contributed by atoms with Crippen LogP contribution in [0.5, 0.6) is 0 Å². The Morgan fingerprint density at radius 2 is 2.22 bits per heavy atom. The van der Waals surface area contributed by atoms with Crippen LogP contribution in [-0.4, -0.2) is 61.0 Å². The first-order chi connectivity index (χ1) is 8.58. The zero-order valence-corrected chi connectivity index (χ0v) is 12.4. The summed E-state index contributed by atoms with van der Waals surface area (Å²) in [5.74, 6) is 0.256. The molecule has 1 fully saturated rings. The first-order valence-electron chi connectivity index (χ1n) is 7.29. The number of likely N-dealkylation sites (N-methyl/N-ethyl adjacent to an activating group) is 2. The van der Waals surface area contributed by atoms with E-state index < -0.39 is 0 Å². The molecule has 2 unspecified atom stereocenters. The van der Waals surface area contributed by atoms with Crippen LogP contribution < -0.4 is 5.32 Å². The predicted molar refractivity (Wildman–Crippen MR) is 75.7 cm³/mol. The Hall–Kier alpha value is -0.610. The summed E-state index contributed by atoms with van der Waals surface area (Å²) in [5.41, 5.74) is 0. The first-order valence-corrected chi connectivity index (χ1v) is 7.29. The van der Waals surface area contributed by atoms with Gasteiger partial charge in [0, 0.05) is 32.1 Å². The van der Waals surface area contributed by atoms with Gasteiger partial charge in [-0.15, -0.1) is 0 Å². The van der Waals surface area contributed by atoms with Crippen molar-refractivity contribution >= 4 is 5.91 Å². The van der Waals surface area contributed by atoms with Crippen LogP contribution in [0.2, 0.25) is 0 Å². The molecule has 2 atom stereocenters. The van der Waals surface area contributed by atoms with Gasteiger partial charge in [0.25, 0.3) is 0 Å². The molecule has 0 saturated carbocycles. The highest BCUT2D eigenvalue weighted by Crippen LogP contribution is 2.17. The lowest BCUT2D eigenvalue weighted by Crippen LogP contribution is -2.42. The molecule has 106 valence electrons. The topological polar surface area (TPSA) is 35.6 Å². The Morgan fingerprint density at radius 3 is 2.83 bits per heavy atom. The van der Waals surface area contributed by atoms with E-state index in [-0.39, 0.29) is 11.9 Å². The average Bonchev–Trinajstić information content (AvgIpc) is 2.76. The van der Waals surface area contributed by atoms with Crippen molar-refractivity contribution < 1.29 is 4.79 Å². The normalized spacial score (nSPS) is 22.1. The van der Waals surface area contributed by atoms with Gasteiger partial charge in [-0.3, -0.25) is 9.69 Å². The SMILES string of the molecule is CCNC(C)CC(=O)N(C)CC1CCCN1CC. The molecule has 0 aromatic rings. The molecule has 1 aliphatic heterocycles. The molecule has 4 heteroatoms. The van der Waals surface area contributed by atoms with Gasteiger partial charge in [-0.25, -0.2) is 0 Å². The van der Waals surface area contributed by atoms with Gasteiger partial charge in [-0.1, -0.05) is 13.8 Å². The van der Waals surface area contributed by atoms with Crippen LogP contribution in [0.25, 0.3) is 0 Å². The summed E-state index contributed by atoms with van der Waals surface area (Å²) in [6.07, 6.45) is 3.10. The minimum atomic E-state index is 0.256. The van der Waals surface area contributed by atoms with Crippen LogP contribution >= 0.6 is 0 Å². The van der Waals surface area contributed by atoms with E-state index in [1.165, 1.54) is 19.4 Å². The monoisotopic (exact) mass is 255 g/mol. The van der Waals surface area contributed by atoms with E-state index >= 15 is 0 Å². The summed E-state index contributed by atoms with van der Waals surface area (Å²) in [5, 5.41) is 3.29. The zero-order chi connectivity index (χ0) is 13.5. The third-order valence-corrected chi connectivity index (χ3v) is 3.85. The second kappa shape index (κ2) is 7.74. The quantitative estimate of drug-likeness (QED) is 0.745. The molecule has 1 rings (SSSR count). The molecule has 1 saturated heterocycles. The molecule has 4 nitrogen and oxygen atoms in total. The Balaban J connectivity index is 2.35. The van der Waals surface area contributed by atoms with E-state index in [0.717, 1.165) is 19.6 Å². The van der Waals surface area contributed by atoms with E-state index in [4.69, 9.17) is 0 Å². The molecule has 0 spiro atoms. The number of carbonyl (C=O) groups excluding carboxylic acids is 1. The number of amides is 1. The van der Waals surface area contributed by atoms with Crippen molar-refractivity contribution in [2.45, 2.75) is 52.1 Å². The molecule has 1 amide bonds. The van der Waals surface area contributed by atoms with Crippen LogP contribution in [-0.2, 0) is 4.79 Å². The summed E-state index contributed by atoms with van der Waals surface area (Å²) >= 11 is 0. The second-order valence-corrected chi connectivity index (χ2v) is 5.36. The van der Waals surface area contributed by atoms with E-state index in [2.05, 4.69) is 31.0 Å². The smallest absolute Gasteiger partial charge is 0.223 e. The molecule has 1 aliphatic rings. The number of hydrogen-bond donors (Lipinski definition) is 1. The van der Waals surface area contributed by atoms with E-state index in [1.54, 1.807) is 0 Å². The number of likely N-dealkylation sites (tertiary alicyclic amines) is 1. The number of nitrogens with one attached hydrogen (secondary N) is 1. The lowest BCUT2D eigenvalue weighted by molar-refractivity contribution is -0.131. The zero-order valence-electron chi connectivity index (χ0n) is 12.4.